The van der Waals surface area contributed by atoms with Gasteiger partial charge in [-0.3, -0.25) is 4.90 Å². The number of fused-ring (bicyclic) bond motifs is 1. The van der Waals surface area contributed by atoms with E-state index in [1.165, 1.54) is 17.0 Å². The van der Waals surface area contributed by atoms with Gasteiger partial charge in [0.2, 0.25) is 5.89 Å². The molecule has 0 radical (unpaired) electrons. The van der Waals surface area contributed by atoms with Crippen molar-refractivity contribution in [3.8, 4) is 11.5 Å². The van der Waals surface area contributed by atoms with Crippen LogP contribution in [0.15, 0.2) is 46.9 Å². The van der Waals surface area contributed by atoms with Crippen LogP contribution in [0.2, 0.25) is 0 Å². The first-order chi connectivity index (χ1) is 16.3. The molecule has 34 heavy (non-hydrogen) atoms. The summed E-state index contributed by atoms with van der Waals surface area (Å²) in [6.07, 6.45) is 0.943. The van der Waals surface area contributed by atoms with Gasteiger partial charge in [-0.1, -0.05) is 45.9 Å². The summed E-state index contributed by atoms with van der Waals surface area (Å²) in [7, 11) is 0. The fourth-order valence-electron chi connectivity index (χ4n) is 4.67. The van der Waals surface area contributed by atoms with Crippen LogP contribution < -0.4 is 4.90 Å². The second-order valence-electron chi connectivity index (χ2n) is 10.3. The molecule has 1 N–H and O–H groups in total. The normalized spacial score (nSPS) is 15.4. The Labute approximate surface area is 202 Å². The first-order valence-electron chi connectivity index (χ1n) is 12.3. The van der Waals surface area contributed by atoms with Crippen LogP contribution in [0.5, 0.6) is 0 Å². The zero-order valence-electron chi connectivity index (χ0n) is 21.0. The number of benzene rings is 2. The first kappa shape index (κ1) is 22.7. The van der Waals surface area contributed by atoms with E-state index in [1.54, 1.807) is 0 Å². The molecule has 0 spiro atoms. The highest BCUT2D eigenvalue weighted by Crippen LogP contribution is 2.32. The van der Waals surface area contributed by atoms with E-state index in [9.17, 15) is 0 Å². The largest absolute Gasteiger partial charge is 0.436 e. The molecule has 178 valence electrons. The van der Waals surface area contributed by atoms with Crippen molar-refractivity contribution in [2.24, 2.45) is 0 Å². The van der Waals surface area contributed by atoms with Crippen LogP contribution >= 0.6 is 0 Å². The first-order valence-corrected chi connectivity index (χ1v) is 12.3. The Kier molecular flexibility index (Phi) is 5.94. The van der Waals surface area contributed by atoms with Gasteiger partial charge in [0.15, 0.2) is 5.58 Å². The molecule has 0 aliphatic carbocycles. The van der Waals surface area contributed by atoms with Crippen LogP contribution in [0, 0.1) is 6.92 Å². The molecule has 0 saturated carbocycles. The Morgan fingerprint density at radius 1 is 0.971 bits per heavy atom. The van der Waals surface area contributed by atoms with E-state index in [0.717, 1.165) is 67.3 Å². The summed E-state index contributed by atoms with van der Waals surface area (Å²) in [6, 6.07) is 14.8. The van der Waals surface area contributed by atoms with E-state index in [2.05, 4.69) is 85.8 Å². The Hall–Kier alpha value is -3.12. The molecule has 1 aliphatic rings. The molecule has 2 aromatic carbocycles. The van der Waals surface area contributed by atoms with Crippen LogP contribution in [0.25, 0.3) is 22.6 Å². The second kappa shape index (κ2) is 8.91. The standard InChI is InChI=1S/C28H35N5O/c1-6-25-29-19(2)22(30-25)18-32-14-16-33(17-15-32)23-8-7-9-24-26(23)31-27(34-24)20-10-12-21(13-11-20)28(3,4)5/h7-13H,6,14-18H2,1-5H3,(H,29,30). The number of oxazole rings is 1. The number of aryl methyl sites for hydroxylation is 2. The van der Waals surface area contributed by atoms with Gasteiger partial charge >= 0.3 is 0 Å². The van der Waals surface area contributed by atoms with Gasteiger partial charge in [0.05, 0.1) is 11.4 Å². The van der Waals surface area contributed by atoms with Crippen molar-refractivity contribution < 1.29 is 4.42 Å². The van der Waals surface area contributed by atoms with Crippen LogP contribution in [-0.2, 0) is 18.4 Å². The van der Waals surface area contributed by atoms with Gasteiger partial charge in [-0.25, -0.2) is 9.97 Å². The molecule has 3 heterocycles. The Balaban J connectivity index is 1.32. The molecule has 0 amide bonds. The number of hydrogen-bond acceptors (Lipinski definition) is 5. The average molecular weight is 458 g/mol. The molecule has 6 heteroatoms. The quantitative estimate of drug-likeness (QED) is 0.416. The lowest BCUT2D eigenvalue weighted by atomic mass is 9.87. The van der Waals surface area contributed by atoms with Crippen LogP contribution in [0.4, 0.5) is 5.69 Å². The average Bonchev–Trinajstić information content (AvgIpc) is 3.42. The van der Waals surface area contributed by atoms with Crippen molar-refractivity contribution in [2.75, 3.05) is 31.1 Å². The van der Waals surface area contributed by atoms with Gasteiger partial charge in [-0.15, -0.1) is 0 Å². The molecule has 4 aromatic rings. The Morgan fingerprint density at radius 3 is 2.35 bits per heavy atom. The highest BCUT2D eigenvalue weighted by Gasteiger charge is 2.22. The van der Waals surface area contributed by atoms with E-state index in [1.807, 2.05) is 6.07 Å². The highest BCUT2D eigenvalue weighted by molar-refractivity contribution is 5.89. The van der Waals surface area contributed by atoms with Crippen molar-refractivity contribution in [3.63, 3.8) is 0 Å². The molecule has 0 atom stereocenters. The minimum absolute atomic E-state index is 0.128. The molecular weight excluding hydrogens is 422 g/mol. The number of rotatable bonds is 5. The van der Waals surface area contributed by atoms with Crippen molar-refractivity contribution in [1.82, 2.24) is 19.9 Å². The van der Waals surface area contributed by atoms with E-state index < -0.39 is 0 Å². The highest BCUT2D eigenvalue weighted by atomic mass is 16.3. The minimum Gasteiger partial charge on any atom is -0.436 e. The smallest absolute Gasteiger partial charge is 0.227 e. The lowest BCUT2D eigenvalue weighted by Crippen LogP contribution is -2.46. The number of aromatic amines is 1. The number of para-hydroxylation sites is 1. The van der Waals surface area contributed by atoms with E-state index in [0.29, 0.717) is 5.89 Å². The third-order valence-electron chi connectivity index (χ3n) is 6.85. The lowest BCUT2D eigenvalue weighted by Gasteiger charge is -2.35. The maximum absolute atomic E-state index is 6.18. The van der Waals surface area contributed by atoms with E-state index >= 15 is 0 Å². The van der Waals surface area contributed by atoms with Crippen molar-refractivity contribution in [3.05, 3.63) is 65.2 Å². The SMILES string of the molecule is CCc1nc(CN2CCN(c3cccc4oc(-c5ccc(C(C)(C)C)cc5)nc34)CC2)c(C)[nH]1. The molecule has 0 bridgehead atoms. The van der Waals surface area contributed by atoms with Gasteiger partial charge in [0.25, 0.3) is 0 Å². The van der Waals surface area contributed by atoms with Crippen molar-refractivity contribution in [2.45, 2.75) is 53.0 Å². The number of imidazole rings is 1. The fraction of sp³-hybridized carbons (Fsp3) is 0.429. The third-order valence-corrected chi connectivity index (χ3v) is 6.85. The lowest BCUT2D eigenvalue weighted by molar-refractivity contribution is 0.247. The summed E-state index contributed by atoms with van der Waals surface area (Å²) < 4.78 is 6.18. The zero-order chi connectivity index (χ0) is 23.9. The zero-order valence-corrected chi connectivity index (χ0v) is 21.0. The number of anilines is 1. The number of H-pyrrole nitrogens is 1. The summed E-state index contributed by atoms with van der Waals surface area (Å²) in [4.78, 5) is 18.0. The number of aromatic nitrogens is 3. The van der Waals surface area contributed by atoms with Gasteiger partial charge in [0.1, 0.15) is 11.3 Å². The number of piperazine rings is 1. The summed E-state index contributed by atoms with van der Waals surface area (Å²) in [5.41, 5.74) is 7.75. The Bertz CT molecular complexity index is 1270. The van der Waals surface area contributed by atoms with Crippen LogP contribution in [-0.4, -0.2) is 46.0 Å². The molecule has 2 aromatic heterocycles. The van der Waals surface area contributed by atoms with Gasteiger partial charge < -0.3 is 14.3 Å². The summed E-state index contributed by atoms with van der Waals surface area (Å²) >= 11 is 0. The number of nitrogens with zero attached hydrogens (tertiary/aromatic N) is 4. The molecule has 1 saturated heterocycles. The summed E-state index contributed by atoms with van der Waals surface area (Å²) in [6.45, 7) is 15.8. The molecule has 5 rings (SSSR count). The minimum atomic E-state index is 0.128. The maximum atomic E-state index is 6.18. The molecule has 0 unspecified atom stereocenters. The van der Waals surface area contributed by atoms with E-state index in [-0.39, 0.29) is 5.41 Å². The predicted octanol–water partition coefficient (Wildman–Crippen LogP) is 5.71. The van der Waals surface area contributed by atoms with Gasteiger partial charge in [-0.2, -0.15) is 0 Å². The van der Waals surface area contributed by atoms with Gasteiger partial charge in [-0.05, 0) is 42.2 Å². The maximum Gasteiger partial charge on any atom is 0.227 e. The number of nitrogens with one attached hydrogen (secondary N) is 1. The molecule has 6 nitrogen and oxygen atoms in total. The number of hydrogen-bond donors (Lipinski definition) is 1. The summed E-state index contributed by atoms with van der Waals surface area (Å²) in [5, 5.41) is 0. The summed E-state index contributed by atoms with van der Waals surface area (Å²) in [5.74, 6) is 1.76. The Morgan fingerprint density at radius 2 is 1.71 bits per heavy atom. The van der Waals surface area contributed by atoms with Gasteiger partial charge in [0, 0.05) is 50.4 Å². The van der Waals surface area contributed by atoms with Crippen LogP contribution in [0.1, 0.15) is 50.5 Å². The molecular formula is C28H35N5O. The van der Waals surface area contributed by atoms with Crippen LogP contribution in [0.3, 0.4) is 0 Å². The fourth-order valence-corrected chi connectivity index (χ4v) is 4.67. The second-order valence-corrected chi connectivity index (χ2v) is 10.3. The topological polar surface area (TPSA) is 61.2 Å². The van der Waals surface area contributed by atoms with E-state index in [4.69, 9.17) is 14.4 Å². The third kappa shape index (κ3) is 4.47. The molecule has 1 aliphatic heterocycles. The van der Waals surface area contributed by atoms with Crippen molar-refractivity contribution in [1.29, 1.82) is 0 Å². The molecule has 1 fully saturated rings. The van der Waals surface area contributed by atoms with Crippen molar-refractivity contribution >= 4 is 16.8 Å². The monoisotopic (exact) mass is 457 g/mol. The predicted molar refractivity (Wildman–Crippen MR) is 138 cm³/mol.